The molecule has 43 heavy (non-hydrogen) atoms. The van der Waals surface area contributed by atoms with E-state index in [4.69, 9.17) is 15.9 Å². The van der Waals surface area contributed by atoms with Gasteiger partial charge in [-0.15, -0.1) is 6.42 Å². The highest BCUT2D eigenvalue weighted by Gasteiger charge is 2.64. The van der Waals surface area contributed by atoms with Gasteiger partial charge in [0.2, 0.25) is 0 Å². The van der Waals surface area contributed by atoms with E-state index in [-0.39, 0.29) is 11.4 Å². The van der Waals surface area contributed by atoms with Crippen molar-refractivity contribution >= 4 is 5.97 Å². The molecule has 3 heteroatoms. The van der Waals surface area contributed by atoms with Crippen LogP contribution in [0.5, 0.6) is 0 Å². The summed E-state index contributed by atoms with van der Waals surface area (Å²) < 4.78 is 13.0. The molecule has 0 aliphatic heterocycles. The maximum atomic E-state index is 12.1. The van der Waals surface area contributed by atoms with Gasteiger partial charge in [-0.1, -0.05) is 50.1 Å². The summed E-state index contributed by atoms with van der Waals surface area (Å²) in [6, 6.07) is 9.28. The van der Waals surface area contributed by atoms with Crippen LogP contribution in [0.4, 0.5) is 0 Å². The van der Waals surface area contributed by atoms with Crippen molar-refractivity contribution in [1.82, 2.24) is 0 Å². The molecule has 0 N–H and O–H groups in total. The fraction of sp³-hybridized carbons (Fsp3) is 0.675. The van der Waals surface area contributed by atoms with Gasteiger partial charge in [-0.25, -0.2) is 0 Å². The summed E-state index contributed by atoms with van der Waals surface area (Å²) in [5, 5.41) is 0. The lowest BCUT2D eigenvalue weighted by Crippen LogP contribution is -2.53. The Labute approximate surface area is 259 Å². The quantitative estimate of drug-likeness (QED) is 0.265. The van der Waals surface area contributed by atoms with Crippen LogP contribution in [0.15, 0.2) is 47.7 Å². The fourth-order valence-electron chi connectivity index (χ4n) is 12.5. The molecule has 0 heterocycles. The van der Waals surface area contributed by atoms with Gasteiger partial charge in [0.05, 0.1) is 5.76 Å². The van der Waals surface area contributed by atoms with E-state index in [0.717, 1.165) is 49.9 Å². The molecule has 0 spiro atoms. The molecule has 0 radical (unpaired) electrons. The zero-order valence-corrected chi connectivity index (χ0v) is 26.6. The van der Waals surface area contributed by atoms with Gasteiger partial charge in [0.25, 0.3) is 0 Å². The number of ether oxygens (including phenoxy) is 2. The molecule has 4 saturated carbocycles. The first-order valence-corrected chi connectivity index (χ1v) is 17.6. The molecule has 4 fully saturated rings. The third-order valence-corrected chi connectivity index (χ3v) is 14.6. The molecule has 0 bridgehead atoms. The summed E-state index contributed by atoms with van der Waals surface area (Å²) in [6.07, 6.45) is 26.8. The van der Waals surface area contributed by atoms with E-state index >= 15 is 0 Å². The Morgan fingerprint density at radius 3 is 2.58 bits per heavy atom. The van der Waals surface area contributed by atoms with Crippen LogP contribution < -0.4 is 0 Å². The number of aryl methyl sites for hydroxylation is 1. The lowest BCUT2D eigenvalue weighted by Gasteiger charge is -2.54. The number of terminal acetylenes is 1. The van der Waals surface area contributed by atoms with Crippen molar-refractivity contribution in [3.05, 3.63) is 58.9 Å². The molecule has 0 saturated heterocycles. The summed E-state index contributed by atoms with van der Waals surface area (Å²) >= 11 is 0. The monoisotopic (exact) mass is 578 g/mol. The number of allylic oxidation sites excluding steroid dienone is 4. The van der Waals surface area contributed by atoms with Gasteiger partial charge in [0.1, 0.15) is 6.10 Å². The molecule has 228 valence electrons. The molecule has 7 aliphatic rings. The number of fused-ring (bicyclic) bond motifs is 10. The highest BCUT2D eigenvalue weighted by Crippen LogP contribution is 2.66. The summed E-state index contributed by atoms with van der Waals surface area (Å²) in [5.74, 6) is 8.90. The number of hydrogen-bond acceptors (Lipinski definition) is 3. The zero-order valence-electron chi connectivity index (χ0n) is 26.6. The second-order valence-corrected chi connectivity index (χ2v) is 16.0. The highest BCUT2D eigenvalue weighted by atomic mass is 16.6. The minimum atomic E-state index is -0.735. The van der Waals surface area contributed by atoms with E-state index in [0.29, 0.717) is 35.2 Å². The van der Waals surface area contributed by atoms with Crippen molar-refractivity contribution in [1.29, 1.82) is 0 Å². The lowest BCUT2D eigenvalue weighted by molar-refractivity contribution is -0.167. The molecule has 0 unspecified atom stereocenters. The molecule has 7 aliphatic carbocycles. The molecular formula is C40H50O3. The predicted molar refractivity (Wildman–Crippen MR) is 170 cm³/mol. The van der Waals surface area contributed by atoms with Crippen molar-refractivity contribution in [2.24, 2.45) is 46.3 Å². The van der Waals surface area contributed by atoms with E-state index in [1.165, 1.54) is 64.0 Å². The number of hydrogen-bond donors (Lipinski definition) is 0. The summed E-state index contributed by atoms with van der Waals surface area (Å²) in [7, 11) is 0. The second-order valence-electron chi connectivity index (χ2n) is 16.0. The van der Waals surface area contributed by atoms with Crippen LogP contribution in [0.1, 0.15) is 115 Å². The Kier molecular flexibility index (Phi) is 6.53. The van der Waals surface area contributed by atoms with Crippen LogP contribution >= 0.6 is 0 Å². The number of carbonyl (C=O) groups is 1. The summed E-state index contributed by atoms with van der Waals surface area (Å²) in [6.45, 7) is 6.41. The fourth-order valence-corrected chi connectivity index (χ4v) is 12.5. The average Bonchev–Trinajstić information content (AvgIpc) is 3.50. The largest absolute Gasteiger partial charge is 0.494 e. The van der Waals surface area contributed by atoms with Crippen molar-refractivity contribution in [3.8, 4) is 12.3 Å². The second kappa shape index (κ2) is 10.0. The number of rotatable bonds is 3. The number of carbonyl (C=O) groups excluding carboxylic acids is 1. The Bertz CT molecular complexity index is 1410. The first-order valence-electron chi connectivity index (χ1n) is 17.6. The number of benzene rings is 1. The SMILES string of the molecule is C#C[C@]1(OC(C)=O)CC[C@H]2[C@@H]3CC=C4C=C(O[C@H]5CC[C@H]6[C@@H]7CCc8ccccc8[C@H]7CC[C@]56C)CC[C@@H]4[C@H]3CC[C@@]21C. The molecule has 1 aromatic rings. The smallest absolute Gasteiger partial charge is 0.304 e. The third-order valence-electron chi connectivity index (χ3n) is 14.6. The van der Waals surface area contributed by atoms with Crippen LogP contribution in [-0.4, -0.2) is 17.7 Å². The highest BCUT2D eigenvalue weighted by molar-refractivity contribution is 5.67. The average molecular weight is 579 g/mol. The van der Waals surface area contributed by atoms with Crippen LogP contribution in [0, 0.1) is 58.7 Å². The molecular weight excluding hydrogens is 528 g/mol. The summed E-state index contributed by atoms with van der Waals surface area (Å²) in [5.41, 5.74) is 4.26. The van der Waals surface area contributed by atoms with E-state index in [1.54, 1.807) is 16.7 Å². The minimum absolute atomic E-state index is 0.118. The van der Waals surface area contributed by atoms with Gasteiger partial charge in [-0.3, -0.25) is 4.79 Å². The zero-order chi connectivity index (χ0) is 29.6. The minimum Gasteiger partial charge on any atom is -0.494 e. The van der Waals surface area contributed by atoms with Gasteiger partial charge < -0.3 is 9.47 Å². The predicted octanol–water partition coefficient (Wildman–Crippen LogP) is 8.93. The maximum absolute atomic E-state index is 12.1. The number of esters is 1. The first kappa shape index (κ1) is 28.0. The van der Waals surface area contributed by atoms with Crippen LogP contribution in [0.25, 0.3) is 0 Å². The first-order chi connectivity index (χ1) is 20.8. The Morgan fingerprint density at radius 1 is 0.884 bits per heavy atom. The van der Waals surface area contributed by atoms with Crippen LogP contribution in [0.3, 0.4) is 0 Å². The van der Waals surface area contributed by atoms with E-state index in [1.807, 2.05) is 0 Å². The van der Waals surface area contributed by atoms with E-state index < -0.39 is 5.60 Å². The maximum Gasteiger partial charge on any atom is 0.304 e. The van der Waals surface area contributed by atoms with Gasteiger partial charge in [0, 0.05) is 24.2 Å². The van der Waals surface area contributed by atoms with Crippen molar-refractivity contribution < 1.29 is 14.3 Å². The van der Waals surface area contributed by atoms with Crippen molar-refractivity contribution in [2.45, 2.75) is 122 Å². The standard InChI is InChI=1S/C40H50O3/c1-5-40(43-25(2)41)23-20-36-34-14-11-27-24-28(12-15-30(27)32(34)19-22-39(36,40)4)42-37-17-16-35-33-13-10-26-8-6-7-9-29(26)31(33)18-21-38(35,37)3/h1,6-9,11,24,30-37H,10,12-23H2,2-4H3/t30-,31+,32+,33+,34+,35-,36-,37-,38-,39-,40-/m0/s1. The van der Waals surface area contributed by atoms with Gasteiger partial charge in [-0.05, 0) is 141 Å². The Balaban J connectivity index is 0.980. The molecule has 0 amide bonds. The topological polar surface area (TPSA) is 35.5 Å². The molecule has 1 aromatic carbocycles. The van der Waals surface area contributed by atoms with Crippen LogP contribution in [0.2, 0.25) is 0 Å². The molecule has 11 atom stereocenters. The molecule has 8 rings (SSSR count). The van der Waals surface area contributed by atoms with E-state index in [2.05, 4.69) is 56.2 Å². The molecule has 0 aromatic heterocycles. The van der Waals surface area contributed by atoms with Crippen molar-refractivity contribution in [2.75, 3.05) is 0 Å². The molecule has 3 nitrogen and oxygen atoms in total. The lowest BCUT2D eigenvalue weighted by atomic mass is 9.51. The van der Waals surface area contributed by atoms with Crippen LogP contribution in [-0.2, 0) is 20.7 Å². The van der Waals surface area contributed by atoms with Gasteiger partial charge >= 0.3 is 5.97 Å². The van der Waals surface area contributed by atoms with E-state index in [9.17, 15) is 4.79 Å². The third kappa shape index (κ3) is 4.03. The van der Waals surface area contributed by atoms with Gasteiger partial charge in [0.15, 0.2) is 5.60 Å². The normalized spacial score (nSPS) is 45.9. The van der Waals surface area contributed by atoms with Crippen molar-refractivity contribution in [3.63, 3.8) is 0 Å². The summed E-state index contributed by atoms with van der Waals surface area (Å²) in [4.78, 5) is 12.1. The van der Waals surface area contributed by atoms with Gasteiger partial charge in [-0.2, -0.15) is 0 Å². The Morgan fingerprint density at radius 2 is 1.74 bits per heavy atom. The Hall–Kier alpha value is -2.47.